The molecular weight excluding hydrogens is 274 g/mol. The fourth-order valence-electron chi connectivity index (χ4n) is 1.51. The van der Waals surface area contributed by atoms with Gasteiger partial charge >= 0.3 is 0 Å². The van der Waals surface area contributed by atoms with Gasteiger partial charge in [-0.05, 0) is 24.3 Å². The molecule has 4 nitrogen and oxygen atoms in total. The van der Waals surface area contributed by atoms with E-state index in [0.717, 1.165) is 6.54 Å². The molecule has 0 aliphatic carbocycles. The molecule has 1 rings (SSSR count). The van der Waals surface area contributed by atoms with E-state index in [1.807, 2.05) is 6.92 Å². The quantitative estimate of drug-likeness (QED) is 0.873. The van der Waals surface area contributed by atoms with Crippen molar-refractivity contribution >= 4 is 23.3 Å². The first-order chi connectivity index (χ1) is 9.25. The Morgan fingerprint density at radius 2 is 2.10 bits per heavy atom. The van der Waals surface area contributed by atoms with Crippen LogP contribution in [0.5, 0.6) is 0 Å². The summed E-state index contributed by atoms with van der Waals surface area (Å²) < 4.78 is 0. The monoisotopic (exact) mass is 297 g/mol. The molecule has 0 bridgehead atoms. The van der Waals surface area contributed by atoms with Crippen molar-refractivity contribution in [2.75, 3.05) is 18.4 Å². The first kappa shape index (κ1) is 16.8. The topological polar surface area (TPSA) is 54.0 Å². The van der Waals surface area contributed by atoms with Gasteiger partial charge in [0.05, 0.1) is 10.6 Å². The van der Waals surface area contributed by atoms with Gasteiger partial charge in [-0.15, -0.1) is 0 Å². The van der Waals surface area contributed by atoms with Crippen molar-refractivity contribution in [1.82, 2.24) is 10.3 Å². The summed E-state index contributed by atoms with van der Waals surface area (Å²) in [7, 11) is 0. The van der Waals surface area contributed by atoms with Crippen LogP contribution in [0.4, 0.5) is 5.82 Å². The number of halogens is 1. The first-order valence-electron chi connectivity index (χ1n) is 6.93. The van der Waals surface area contributed by atoms with Gasteiger partial charge in [-0.3, -0.25) is 4.79 Å². The maximum absolute atomic E-state index is 12.1. The van der Waals surface area contributed by atoms with E-state index in [1.54, 1.807) is 12.3 Å². The van der Waals surface area contributed by atoms with Crippen molar-refractivity contribution in [1.29, 1.82) is 0 Å². The maximum atomic E-state index is 12.1. The SMILES string of the molecule is CCNc1ncc(C(=O)NCC(C)C(C)(C)C)cc1Cl. The number of nitrogens with one attached hydrogen (secondary N) is 2. The highest BCUT2D eigenvalue weighted by molar-refractivity contribution is 6.33. The summed E-state index contributed by atoms with van der Waals surface area (Å²) in [6.45, 7) is 11.9. The number of carbonyl (C=O) groups excluding carboxylic acids is 1. The standard InChI is InChI=1S/C15H24ClN3O/c1-6-17-13-12(16)7-11(9-18-13)14(20)19-8-10(2)15(3,4)5/h7,9-10H,6,8H2,1-5H3,(H,17,18)(H,19,20). The zero-order valence-electron chi connectivity index (χ0n) is 12.9. The highest BCUT2D eigenvalue weighted by Crippen LogP contribution is 2.24. The Labute approximate surface area is 126 Å². The highest BCUT2D eigenvalue weighted by atomic mass is 35.5. The second-order valence-electron chi connectivity index (χ2n) is 6.06. The van der Waals surface area contributed by atoms with Gasteiger partial charge in [0, 0.05) is 19.3 Å². The van der Waals surface area contributed by atoms with Gasteiger partial charge in [-0.25, -0.2) is 4.98 Å². The summed E-state index contributed by atoms with van der Waals surface area (Å²) in [5, 5.41) is 6.42. The average molecular weight is 298 g/mol. The highest BCUT2D eigenvalue weighted by Gasteiger charge is 2.20. The van der Waals surface area contributed by atoms with Gasteiger partial charge in [0.1, 0.15) is 5.82 Å². The fourth-order valence-corrected chi connectivity index (χ4v) is 1.75. The van der Waals surface area contributed by atoms with Crippen molar-refractivity contribution in [2.45, 2.75) is 34.6 Å². The molecule has 5 heteroatoms. The van der Waals surface area contributed by atoms with Gasteiger partial charge in [-0.1, -0.05) is 39.3 Å². The van der Waals surface area contributed by atoms with Crippen LogP contribution >= 0.6 is 11.6 Å². The van der Waals surface area contributed by atoms with E-state index in [9.17, 15) is 4.79 Å². The summed E-state index contributed by atoms with van der Waals surface area (Å²) in [5.74, 6) is 0.850. The van der Waals surface area contributed by atoms with Gasteiger partial charge < -0.3 is 10.6 Å². The minimum atomic E-state index is -0.140. The molecule has 0 aliphatic heterocycles. The van der Waals surface area contributed by atoms with Gasteiger partial charge in [0.25, 0.3) is 5.91 Å². The fraction of sp³-hybridized carbons (Fsp3) is 0.600. The Morgan fingerprint density at radius 3 is 2.60 bits per heavy atom. The van der Waals surface area contributed by atoms with Crippen LogP contribution in [0.25, 0.3) is 0 Å². The third-order valence-electron chi connectivity index (χ3n) is 3.49. The average Bonchev–Trinajstić information content (AvgIpc) is 2.37. The molecule has 1 heterocycles. The lowest BCUT2D eigenvalue weighted by Crippen LogP contribution is -2.33. The number of rotatable bonds is 5. The van der Waals surface area contributed by atoms with Crippen LogP contribution in [-0.2, 0) is 0 Å². The van der Waals surface area contributed by atoms with E-state index >= 15 is 0 Å². The van der Waals surface area contributed by atoms with Crippen LogP contribution in [-0.4, -0.2) is 24.0 Å². The Kier molecular flexibility index (Phi) is 5.81. The predicted molar refractivity (Wildman–Crippen MR) is 84.4 cm³/mol. The predicted octanol–water partition coefficient (Wildman–Crippen LogP) is 3.58. The number of amides is 1. The Hall–Kier alpha value is -1.29. The lowest BCUT2D eigenvalue weighted by atomic mass is 9.82. The van der Waals surface area contributed by atoms with Crippen molar-refractivity contribution < 1.29 is 4.79 Å². The molecule has 0 aromatic carbocycles. The third-order valence-corrected chi connectivity index (χ3v) is 3.78. The van der Waals surface area contributed by atoms with Crippen molar-refractivity contribution in [3.8, 4) is 0 Å². The van der Waals surface area contributed by atoms with Crippen LogP contribution in [0.2, 0.25) is 5.02 Å². The number of pyridine rings is 1. The van der Waals surface area contributed by atoms with Crippen molar-refractivity contribution in [2.24, 2.45) is 11.3 Å². The lowest BCUT2D eigenvalue weighted by molar-refractivity contribution is 0.0936. The minimum Gasteiger partial charge on any atom is -0.369 e. The molecule has 1 amide bonds. The Morgan fingerprint density at radius 1 is 1.45 bits per heavy atom. The van der Waals surface area contributed by atoms with E-state index in [2.05, 4.69) is 43.3 Å². The molecule has 1 aromatic rings. The normalized spacial score (nSPS) is 12.9. The van der Waals surface area contributed by atoms with Gasteiger partial charge in [0.15, 0.2) is 0 Å². The molecule has 0 saturated carbocycles. The molecule has 1 unspecified atom stereocenters. The number of hydrogen-bond acceptors (Lipinski definition) is 3. The van der Waals surface area contributed by atoms with E-state index in [0.29, 0.717) is 28.9 Å². The molecule has 0 radical (unpaired) electrons. The van der Waals surface area contributed by atoms with Crippen LogP contribution in [0.1, 0.15) is 45.0 Å². The molecule has 0 spiro atoms. The van der Waals surface area contributed by atoms with E-state index in [1.165, 1.54) is 0 Å². The van der Waals surface area contributed by atoms with Crippen LogP contribution in [0.3, 0.4) is 0 Å². The molecule has 0 saturated heterocycles. The summed E-state index contributed by atoms with van der Waals surface area (Å²) >= 11 is 6.08. The minimum absolute atomic E-state index is 0.140. The number of hydrogen-bond donors (Lipinski definition) is 2. The second kappa shape index (κ2) is 6.93. The molecule has 0 fully saturated rings. The number of carbonyl (C=O) groups is 1. The third kappa shape index (κ3) is 4.67. The molecule has 2 N–H and O–H groups in total. The molecule has 0 aliphatic rings. The van der Waals surface area contributed by atoms with Crippen LogP contribution in [0, 0.1) is 11.3 Å². The zero-order valence-corrected chi connectivity index (χ0v) is 13.6. The first-order valence-corrected chi connectivity index (χ1v) is 7.31. The summed E-state index contributed by atoms with van der Waals surface area (Å²) in [5.41, 5.74) is 0.649. The van der Waals surface area contributed by atoms with E-state index in [4.69, 9.17) is 11.6 Å². The second-order valence-corrected chi connectivity index (χ2v) is 6.47. The maximum Gasteiger partial charge on any atom is 0.252 e. The summed E-state index contributed by atoms with van der Waals surface area (Å²) in [6, 6.07) is 1.64. The lowest BCUT2D eigenvalue weighted by Gasteiger charge is -2.27. The Bertz CT molecular complexity index is 469. The summed E-state index contributed by atoms with van der Waals surface area (Å²) in [4.78, 5) is 16.2. The Balaban J connectivity index is 2.67. The number of aromatic nitrogens is 1. The van der Waals surface area contributed by atoms with E-state index in [-0.39, 0.29) is 11.3 Å². The molecule has 1 atom stereocenters. The zero-order chi connectivity index (χ0) is 15.3. The number of anilines is 1. The smallest absolute Gasteiger partial charge is 0.252 e. The number of nitrogens with zero attached hydrogens (tertiary/aromatic N) is 1. The van der Waals surface area contributed by atoms with Crippen molar-refractivity contribution in [3.05, 3.63) is 22.8 Å². The molecule has 20 heavy (non-hydrogen) atoms. The molecular formula is C15H24ClN3O. The largest absolute Gasteiger partial charge is 0.369 e. The molecule has 1 aromatic heterocycles. The van der Waals surface area contributed by atoms with Crippen molar-refractivity contribution in [3.63, 3.8) is 0 Å². The summed E-state index contributed by atoms with van der Waals surface area (Å²) in [6.07, 6.45) is 1.54. The molecule has 112 valence electrons. The van der Waals surface area contributed by atoms with E-state index < -0.39 is 0 Å². The van der Waals surface area contributed by atoms with Gasteiger partial charge in [-0.2, -0.15) is 0 Å². The van der Waals surface area contributed by atoms with Crippen LogP contribution in [0.15, 0.2) is 12.3 Å². The van der Waals surface area contributed by atoms with Crippen LogP contribution < -0.4 is 10.6 Å². The van der Waals surface area contributed by atoms with Gasteiger partial charge in [0.2, 0.25) is 0 Å².